The number of rotatable bonds is 6. The summed E-state index contributed by atoms with van der Waals surface area (Å²) in [4.78, 5) is 24.4. The lowest BCUT2D eigenvalue weighted by Crippen LogP contribution is -2.31. The second-order valence-electron chi connectivity index (χ2n) is 7.31. The largest absolute Gasteiger partial charge is 0.348 e. The van der Waals surface area contributed by atoms with Gasteiger partial charge in [0.15, 0.2) is 0 Å². The van der Waals surface area contributed by atoms with Crippen molar-refractivity contribution in [2.75, 3.05) is 0 Å². The van der Waals surface area contributed by atoms with Crippen LogP contribution in [-0.4, -0.2) is 15.7 Å². The third kappa shape index (κ3) is 4.61. The molecule has 0 radical (unpaired) electrons. The number of nitrogens with one attached hydrogen (secondary N) is 1. The summed E-state index contributed by atoms with van der Waals surface area (Å²) in [6.07, 6.45) is 2.30. The first-order valence-corrected chi connectivity index (χ1v) is 9.27. The Bertz CT molecular complexity index is 990. The average Bonchev–Trinajstić information content (AvgIpc) is 2.64. The minimum Gasteiger partial charge on any atom is -0.348 e. The van der Waals surface area contributed by atoms with Gasteiger partial charge in [-0.15, -0.1) is 0 Å². The molecule has 3 rings (SSSR count). The molecule has 0 saturated carbocycles. The number of fused-ring (bicyclic) bond motifs is 1. The molecule has 1 atom stereocenters. The maximum Gasteiger partial charge on any atom is 0.242 e. The predicted octanol–water partition coefficient (Wildman–Crippen LogP) is 3.47. The molecule has 0 saturated heterocycles. The van der Waals surface area contributed by atoms with E-state index in [-0.39, 0.29) is 23.9 Å². The van der Waals surface area contributed by atoms with Crippen molar-refractivity contribution in [1.82, 2.24) is 15.1 Å². The highest BCUT2D eigenvalue weighted by molar-refractivity contribution is 5.81. The summed E-state index contributed by atoms with van der Waals surface area (Å²) < 4.78 is 1.56. The number of amides is 1. The van der Waals surface area contributed by atoms with Crippen molar-refractivity contribution in [1.29, 1.82) is 0 Å². The second-order valence-corrected chi connectivity index (χ2v) is 7.31. The first-order chi connectivity index (χ1) is 12.9. The Morgan fingerprint density at radius 1 is 1.07 bits per heavy atom. The predicted molar refractivity (Wildman–Crippen MR) is 108 cm³/mol. The van der Waals surface area contributed by atoms with Crippen molar-refractivity contribution in [3.63, 3.8) is 0 Å². The lowest BCUT2D eigenvalue weighted by Gasteiger charge is -2.16. The molecule has 1 N–H and O–H groups in total. The molecule has 140 valence electrons. The van der Waals surface area contributed by atoms with Gasteiger partial charge in [0.05, 0.1) is 17.8 Å². The van der Waals surface area contributed by atoms with E-state index in [9.17, 15) is 9.59 Å². The Morgan fingerprint density at radius 2 is 1.78 bits per heavy atom. The number of nitrogens with zero attached hydrogens (tertiary/aromatic N) is 2. The zero-order chi connectivity index (χ0) is 19.4. The molecule has 1 unspecified atom stereocenters. The van der Waals surface area contributed by atoms with Crippen LogP contribution < -0.4 is 10.7 Å². The van der Waals surface area contributed by atoms with Crippen molar-refractivity contribution < 1.29 is 4.79 Å². The van der Waals surface area contributed by atoms with Crippen LogP contribution in [0.5, 0.6) is 0 Å². The lowest BCUT2D eigenvalue weighted by molar-refractivity contribution is -0.122. The van der Waals surface area contributed by atoms with Gasteiger partial charge in [-0.1, -0.05) is 50.2 Å². The van der Waals surface area contributed by atoms with Crippen LogP contribution in [0.2, 0.25) is 0 Å². The van der Waals surface area contributed by atoms with Crippen LogP contribution >= 0.6 is 0 Å². The molecule has 0 spiro atoms. The van der Waals surface area contributed by atoms with Gasteiger partial charge < -0.3 is 5.32 Å². The Kier molecular flexibility index (Phi) is 5.69. The maximum atomic E-state index is 12.5. The van der Waals surface area contributed by atoms with Gasteiger partial charge in [0.25, 0.3) is 0 Å². The van der Waals surface area contributed by atoms with E-state index in [1.165, 1.54) is 11.8 Å². The highest BCUT2D eigenvalue weighted by Gasteiger charge is 2.12. The van der Waals surface area contributed by atoms with Crippen molar-refractivity contribution in [3.8, 4) is 0 Å². The monoisotopic (exact) mass is 363 g/mol. The first kappa shape index (κ1) is 18.8. The van der Waals surface area contributed by atoms with Crippen LogP contribution in [0.3, 0.4) is 0 Å². The minimum atomic E-state index is -0.143. The molecule has 1 aromatic heterocycles. The molecule has 0 bridgehead atoms. The Hall–Kier alpha value is -2.95. The van der Waals surface area contributed by atoms with Crippen LogP contribution in [0.4, 0.5) is 0 Å². The summed E-state index contributed by atoms with van der Waals surface area (Å²) in [7, 11) is 0. The summed E-state index contributed by atoms with van der Waals surface area (Å²) in [5.41, 5.74) is 2.88. The summed E-state index contributed by atoms with van der Waals surface area (Å²) in [6, 6.07) is 15.5. The van der Waals surface area contributed by atoms with Gasteiger partial charge in [-0.25, -0.2) is 0 Å². The first-order valence-electron chi connectivity index (χ1n) is 9.27. The number of benzene rings is 2. The van der Waals surface area contributed by atoms with Gasteiger partial charge in [-0.05, 0) is 42.5 Å². The van der Waals surface area contributed by atoms with E-state index >= 15 is 0 Å². The molecular formula is C22H25N3O2. The van der Waals surface area contributed by atoms with Crippen LogP contribution in [0, 0.1) is 5.92 Å². The van der Waals surface area contributed by atoms with Crippen LogP contribution in [0.25, 0.3) is 10.9 Å². The number of carbonyl (C=O) groups excluding carboxylic acids is 1. The topological polar surface area (TPSA) is 64.0 Å². The van der Waals surface area contributed by atoms with E-state index in [1.54, 1.807) is 22.9 Å². The van der Waals surface area contributed by atoms with E-state index in [2.05, 4.69) is 48.5 Å². The fourth-order valence-electron chi connectivity index (χ4n) is 3.21. The van der Waals surface area contributed by atoms with Crippen LogP contribution in [0.1, 0.15) is 37.9 Å². The van der Waals surface area contributed by atoms with E-state index in [0.29, 0.717) is 16.8 Å². The summed E-state index contributed by atoms with van der Waals surface area (Å²) in [6.45, 7) is 6.43. The fourth-order valence-corrected chi connectivity index (χ4v) is 3.21. The van der Waals surface area contributed by atoms with E-state index in [1.807, 2.05) is 13.0 Å². The van der Waals surface area contributed by atoms with Crippen molar-refractivity contribution in [2.24, 2.45) is 5.92 Å². The molecule has 0 aliphatic heterocycles. The molecule has 0 aliphatic rings. The Labute approximate surface area is 159 Å². The standard InChI is InChI=1S/C22H25N3O2/c1-15(2)12-17-8-10-18(11-9-17)16(3)24-22(27)14-25-20-7-5-4-6-19(20)21(26)13-23-25/h4-11,13,15-16H,12,14H2,1-3H3,(H,24,27). The number of aromatic nitrogens is 2. The Balaban J connectivity index is 1.69. The highest BCUT2D eigenvalue weighted by Crippen LogP contribution is 2.16. The number of hydrogen-bond donors (Lipinski definition) is 1. The van der Waals surface area contributed by atoms with E-state index < -0.39 is 0 Å². The SMILES string of the molecule is CC(C)Cc1ccc(C(C)NC(=O)Cn2ncc(=O)c3ccccc32)cc1. The molecule has 1 heterocycles. The van der Waals surface area contributed by atoms with E-state index in [0.717, 1.165) is 12.0 Å². The Morgan fingerprint density at radius 3 is 2.48 bits per heavy atom. The molecular weight excluding hydrogens is 338 g/mol. The van der Waals surface area contributed by atoms with Crippen molar-refractivity contribution >= 4 is 16.8 Å². The quantitative estimate of drug-likeness (QED) is 0.729. The smallest absolute Gasteiger partial charge is 0.242 e. The third-order valence-corrected chi connectivity index (χ3v) is 4.56. The third-order valence-electron chi connectivity index (χ3n) is 4.56. The second kappa shape index (κ2) is 8.16. The van der Waals surface area contributed by atoms with Gasteiger partial charge in [0, 0.05) is 5.39 Å². The molecule has 5 heteroatoms. The summed E-state index contributed by atoms with van der Waals surface area (Å²) in [5, 5.41) is 7.68. The average molecular weight is 363 g/mol. The molecule has 0 fully saturated rings. The zero-order valence-electron chi connectivity index (χ0n) is 16.0. The zero-order valence-corrected chi connectivity index (χ0v) is 16.0. The number of para-hydroxylation sites is 1. The molecule has 3 aromatic rings. The van der Waals surface area contributed by atoms with Gasteiger partial charge in [-0.3, -0.25) is 14.3 Å². The summed E-state index contributed by atoms with van der Waals surface area (Å²) in [5.74, 6) is 0.475. The van der Waals surface area contributed by atoms with Crippen molar-refractivity contribution in [2.45, 2.75) is 39.8 Å². The molecule has 1 amide bonds. The molecule has 5 nitrogen and oxygen atoms in total. The van der Waals surface area contributed by atoms with Gasteiger partial charge in [-0.2, -0.15) is 5.10 Å². The van der Waals surface area contributed by atoms with E-state index in [4.69, 9.17) is 0 Å². The van der Waals surface area contributed by atoms with Gasteiger partial charge in [0.1, 0.15) is 6.54 Å². The molecule has 0 aliphatic carbocycles. The van der Waals surface area contributed by atoms with Gasteiger partial charge in [0.2, 0.25) is 11.3 Å². The van der Waals surface area contributed by atoms with Crippen LogP contribution in [0.15, 0.2) is 59.5 Å². The normalized spacial score (nSPS) is 12.3. The number of hydrogen-bond acceptors (Lipinski definition) is 3. The lowest BCUT2D eigenvalue weighted by atomic mass is 10.00. The number of carbonyl (C=O) groups is 1. The maximum absolute atomic E-state index is 12.5. The molecule has 2 aromatic carbocycles. The molecule has 27 heavy (non-hydrogen) atoms. The fraction of sp³-hybridized carbons (Fsp3) is 0.318. The highest BCUT2D eigenvalue weighted by atomic mass is 16.2. The summed E-state index contributed by atoms with van der Waals surface area (Å²) >= 11 is 0. The van der Waals surface area contributed by atoms with Gasteiger partial charge >= 0.3 is 0 Å². The van der Waals surface area contributed by atoms with Crippen LogP contribution in [-0.2, 0) is 17.8 Å². The van der Waals surface area contributed by atoms with Crippen molar-refractivity contribution in [3.05, 3.63) is 76.1 Å². The minimum absolute atomic E-state index is 0.0660.